The van der Waals surface area contributed by atoms with Crippen LogP contribution in [0.2, 0.25) is 0 Å². The molecular weight excluding hydrogens is 427 g/mol. The Bertz CT molecular complexity index is 667. The number of quaternary nitrogens is 2. The SMILES string of the molecule is CCCCCC(=O)OC[N+](C)(C)CC[NH+](Cc1cccs1)c1ccccc1.[Cl-].[Cl-]. The van der Waals surface area contributed by atoms with Gasteiger partial charge in [0.15, 0.2) is 0 Å². The largest absolute Gasteiger partial charge is 1.00 e. The van der Waals surface area contributed by atoms with Crippen molar-refractivity contribution < 1.29 is 43.7 Å². The Balaban J connectivity index is 0.00000392. The first kappa shape index (κ1) is 27.9. The Morgan fingerprint density at radius 2 is 1.79 bits per heavy atom. The van der Waals surface area contributed by atoms with Gasteiger partial charge in [-0.3, -0.25) is 14.2 Å². The van der Waals surface area contributed by atoms with Crippen LogP contribution in [-0.2, 0) is 16.1 Å². The number of nitrogens with one attached hydrogen (secondary N) is 1. The number of rotatable bonds is 12. The predicted molar refractivity (Wildman–Crippen MR) is 112 cm³/mol. The molecule has 0 saturated heterocycles. The normalized spacial score (nSPS) is 11.8. The number of ether oxygens (including phenoxy) is 1. The van der Waals surface area contributed by atoms with Gasteiger partial charge < -0.3 is 29.6 Å². The lowest BCUT2D eigenvalue weighted by molar-refractivity contribution is -0.941. The minimum atomic E-state index is -0.0690. The summed E-state index contributed by atoms with van der Waals surface area (Å²) in [5, 5.41) is 2.13. The van der Waals surface area contributed by atoms with E-state index in [-0.39, 0.29) is 30.8 Å². The summed E-state index contributed by atoms with van der Waals surface area (Å²) < 4.78 is 6.20. The van der Waals surface area contributed by atoms with E-state index in [4.69, 9.17) is 4.74 Å². The monoisotopic (exact) mass is 460 g/mol. The average molecular weight is 461 g/mol. The van der Waals surface area contributed by atoms with Crippen LogP contribution in [0.1, 0.15) is 37.5 Å². The maximum Gasteiger partial charge on any atom is 0.310 e. The van der Waals surface area contributed by atoms with E-state index in [1.807, 2.05) is 11.3 Å². The minimum Gasteiger partial charge on any atom is -1.00 e. The molecule has 0 aliphatic rings. The highest BCUT2D eigenvalue weighted by atomic mass is 35.5. The van der Waals surface area contributed by atoms with E-state index in [1.165, 1.54) is 15.5 Å². The lowest BCUT2D eigenvalue weighted by Gasteiger charge is -2.30. The number of thiophene rings is 1. The van der Waals surface area contributed by atoms with Crippen LogP contribution in [0.5, 0.6) is 0 Å². The Morgan fingerprint density at radius 1 is 1.07 bits per heavy atom. The molecule has 29 heavy (non-hydrogen) atoms. The molecule has 0 amide bonds. The maximum absolute atomic E-state index is 11.9. The van der Waals surface area contributed by atoms with Gasteiger partial charge in [-0.2, -0.15) is 0 Å². The summed E-state index contributed by atoms with van der Waals surface area (Å²) >= 11 is 1.81. The van der Waals surface area contributed by atoms with Crippen molar-refractivity contribution in [1.29, 1.82) is 0 Å². The van der Waals surface area contributed by atoms with E-state index >= 15 is 0 Å². The van der Waals surface area contributed by atoms with E-state index in [1.54, 1.807) is 0 Å². The summed E-state index contributed by atoms with van der Waals surface area (Å²) in [5.41, 5.74) is 1.31. The molecular formula is C22H34Cl2N2O2S. The number of para-hydroxylation sites is 1. The average Bonchev–Trinajstić information content (AvgIpc) is 3.18. The van der Waals surface area contributed by atoms with Gasteiger partial charge in [0.25, 0.3) is 0 Å². The lowest BCUT2D eigenvalue weighted by Crippen LogP contribution is -3.06. The lowest BCUT2D eigenvalue weighted by atomic mass is 10.2. The van der Waals surface area contributed by atoms with Crippen LogP contribution in [-0.4, -0.2) is 44.4 Å². The van der Waals surface area contributed by atoms with Crippen LogP contribution < -0.4 is 29.7 Å². The van der Waals surface area contributed by atoms with Crippen LogP contribution >= 0.6 is 11.3 Å². The number of carbonyl (C=O) groups is 1. The number of hydrogen-bond donors (Lipinski definition) is 1. The molecule has 1 aromatic carbocycles. The summed E-state index contributed by atoms with van der Waals surface area (Å²) in [6.07, 6.45) is 3.67. The van der Waals surface area contributed by atoms with Crippen molar-refractivity contribution in [3.05, 3.63) is 52.7 Å². The summed E-state index contributed by atoms with van der Waals surface area (Å²) in [7, 11) is 4.26. The van der Waals surface area contributed by atoms with Crippen molar-refractivity contribution in [2.75, 3.05) is 33.9 Å². The molecule has 0 aliphatic carbocycles. The summed E-state index contributed by atoms with van der Waals surface area (Å²) in [6.45, 7) is 5.49. The Hall–Kier alpha value is -1.11. The van der Waals surface area contributed by atoms with Crippen molar-refractivity contribution >= 4 is 23.0 Å². The first-order valence-corrected chi connectivity index (χ1v) is 10.8. The van der Waals surface area contributed by atoms with Crippen molar-refractivity contribution in [2.45, 2.75) is 39.2 Å². The Morgan fingerprint density at radius 3 is 2.41 bits per heavy atom. The second kappa shape index (κ2) is 14.8. The molecule has 2 rings (SSSR count). The fraction of sp³-hybridized carbons (Fsp3) is 0.500. The standard InChI is InChI=1S/C22H33N2O2S.2ClH/c1-4-5-7-14-22(25)26-19-24(2,3)16-15-23(18-21-13-10-17-27-21)20-11-8-6-9-12-20;;/h6,8-13,17H,4-5,7,14-16,18-19H2,1-3H3;2*1H/q+1;;/p-1. The quantitative estimate of drug-likeness (QED) is 0.166. The van der Waals surface area contributed by atoms with Crippen molar-refractivity contribution in [3.8, 4) is 0 Å². The Labute approximate surface area is 192 Å². The number of esters is 1. The van der Waals surface area contributed by atoms with Gasteiger partial charge in [-0.1, -0.05) is 44.0 Å². The number of unbranched alkanes of at least 4 members (excludes halogenated alkanes) is 2. The molecule has 1 N–H and O–H groups in total. The fourth-order valence-electron chi connectivity index (χ4n) is 2.97. The van der Waals surface area contributed by atoms with E-state index in [0.717, 1.165) is 38.9 Å². The second-order valence-electron chi connectivity index (χ2n) is 7.74. The van der Waals surface area contributed by atoms with Crippen molar-refractivity contribution in [2.24, 2.45) is 0 Å². The number of nitrogens with zero attached hydrogens (tertiary/aromatic N) is 1. The highest BCUT2D eigenvalue weighted by Crippen LogP contribution is 2.09. The van der Waals surface area contributed by atoms with Gasteiger partial charge in [0.05, 0.1) is 19.0 Å². The number of likely N-dealkylation sites (N-methyl/N-ethyl adjacent to an activating group) is 1. The third-order valence-corrected chi connectivity index (χ3v) is 5.60. The molecule has 0 radical (unpaired) electrons. The second-order valence-corrected chi connectivity index (χ2v) is 8.77. The van der Waals surface area contributed by atoms with Crippen LogP contribution in [0.25, 0.3) is 0 Å². The van der Waals surface area contributed by atoms with Gasteiger partial charge in [-0.15, -0.1) is 11.3 Å². The predicted octanol–water partition coefficient (Wildman–Crippen LogP) is -2.37. The van der Waals surface area contributed by atoms with E-state index in [2.05, 4.69) is 68.9 Å². The number of benzene rings is 1. The number of carbonyl (C=O) groups excluding carboxylic acids is 1. The van der Waals surface area contributed by atoms with Crippen LogP contribution in [0.3, 0.4) is 0 Å². The highest BCUT2D eigenvalue weighted by molar-refractivity contribution is 7.09. The molecule has 2 aromatic rings. The van der Waals surface area contributed by atoms with Crippen LogP contribution in [0, 0.1) is 0 Å². The first-order chi connectivity index (χ1) is 13.0. The Kier molecular flexibility index (Phi) is 14.2. The molecule has 7 heteroatoms. The van der Waals surface area contributed by atoms with Gasteiger partial charge in [0.2, 0.25) is 6.73 Å². The van der Waals surface area contributed by atoms with E-state index in [0.29, 0.717) is 17.6 Å². The molecule has 0 spiro atoms. The summed E-state index contributed by atoms with van der Waals surface area (Å²) in [5.74, 6) is -0.0690. The molecule has 1 atom stereocenters. The van der Waals surface area contributed by atoms with Crippen LogP contribution in [0.4, 0.5) is 5.69 Å². The topological polar surface area (TPSA) is 30.7 Å². The molecule has 0 aliphatic heterocycles. The van der Waals surface area contributed by atoms with Crippen molar-refractivity contribution in [3.63, 3.8) is 0 Å². The summed E-state index contributed by atoms with van der Waals surface area (Å²) in [4.78, 5) is 14.7. The molecule has 4 nitrogen and oxygen atoms in total. The molecule has 0 saturated carbocycles. The van der Waals surface area contributed by atoms with E-state index in [9.17, 15) is 4.79 Å². The zero-order valence-electron chi connectivity index (χ0n) is 17.7. The molecule has 1 heterocycles. The van der Waals surface area contributed by atoms with Crippen molar-refractivity contribution in [1.82, 2.24) is 0 Å². The maximum atomic E-state index is 11.9. The molecule has 164 valence electrons. The van der Waals surface area contributed by atoms with Gasteiger partial charge in [0.1, 0.15) is 25.3 Å². The highest BCUT2D eigenvalue weighted by Gasteiger charge is 2.22. The zero-order valence-corrected chi connectivity index (χ0v) is 20.0. The first-order valence-electron chi connectivity index (χ1n) is 9.90. The molecule has 1 aromatic heterocycles. The molecule has 0 bridgehead atoms. The number of halogens is 2. The van der Waals surface area contributed by atoms with Gasteiger partial charge in [0, 0.05) is 6.42 Å². The summed E-state index contributed by atoms with van der Waals surface area (Å²) in [6, 6.07) is 15.0. The molecule has 0 fully saturated rings. The molecule has 1 unspecified atom stereocenters. The fourth-order valence-corrected chi connectivity index (χ4v) is 3.72. The minimum absolute atomic E-state index is 0. The van der Waals surface area contributed by atoms with Gasteiger partial charge in [-0.25, -0.2) is 0 Å². The van der Waals surface area contributed by atoms with Gasteiger partial charge in [-0.05, 0) is 30.0 Å². The third-order valence-electron chi connectivity index (χ3n) is 4.73. The van der Waals surface area contributed by atoms with Gasteiger partial charge >= 0.3 is 5.97 Å². The third kappa shape index (κ3) is 11.0. The number of hydrogen-bond acceptors (Lipinski definition) is 3. The van der Waals surface area contributed by atoms with Crippen LogP contribution in [0.15, 0.2) is 47.8 Å². The smallest absolute Gasteiger partial charge is 0.310 e. The van der Waals surface area contributed by atoms with E-state index < -0.39 is 0 Å². The zero-order chi connectivity index (χ0) is 19.5.